The molecule has 0 fully saturated rings. The summed E-state index contributed by atoms with van der Waals surface area (Å²) in [6, 6.07) is 0. The van der Waals surface area contributed by atoms with E-state index in [1.807, 2.05) is 13.0 Å². The minimum Gasteiger partial charge on any atom is -0.478 e. The molecule has 2 nitrogen and oxygen atoms in total. The molecule has 0 unspecified atom stereocenters. The van der Waals surface area contributed by atoms with Gasteiger partial charge in [0, 0.05) is 5.57 Å². The molecule has 0 saturated carbocycles. The van der Waals surface area contributed by atoms with Crippen LogP contribution in [-0.4, -0.2) is 11.1 Å². The van der Waals surface area contributed by atoms with Gasteiger partial charge in [-0.25, -0.2) is 4.79 Å². The van der Waals surface area contributed by atoms with Crippen LogP contribution in [0, 0.1) is 0 Å². The fourth-order valence-electron chi connectivity index (χ4n) is 0.319. The van der Waals surface area contributed by atoms with E-state index in [9.17, 15) is 4.79 Å². The standard InChI is InChI=1S/C7H12.C4H6O2/c1-4-5-6-7(2)3;1-3(2)4(5)6/h5-6H,2,4H2,1,3H3;1H2,2H3,(H,5,6). The Morgan fingerprint density at radius 2 is 1.77 bits per heavy atom. The first-order chi connectivity index (χ1) is 5.91. The lowest BCUT2D eigenvalue weighted by molar-refractivity contribution is -0.132. The molecule has 0 aliphatic carbocycles. The van der Waals surface area contributed by atoms with Gasteiger partial charge in [0.2, 0.25) is 0 Å². The van der Waals surface area contributed by atoms with Crippen molar-refractivity contribution < 1.29 is 9.90 Å². The molecule has 74 valence electrons. The number of aliphatic carboxylic acids is 1. The largest absolute Gasteiger partial charge is 0.478 e. The Kier molecular flexibility index (Phi) is 9.61. The summed E-state index contributed by atoms with van der Waals surface area (Å²) in [6.45, 7) is 12.4. The molecule has 0 amide bonds. The summed E-state index contributed by atoms with van der Waals surface area (Å²) in [5, 5.41) is 7.89. The second kappa shape index (κ2) is 8.78. The number of allylic oxidation sites excluding steroid dienone is 3. The first kappa shape index (κ1) is 14.2. The third-order valence-corrected chi connectivity index (χ3v) is 1.00. The lowest BCUT2D eigenvalue weighted by atomic mass is 10.3. The maximum atomic E-state index is 9.60. The average molecular weight is 182 g/mol. The van der Waals surface area contributed by atoms with Gasteiger partial charge < -0.3 is 5.11 Å². The molecule has 13 heavy (non-hydrogen) atoms. The second-order valence-corrected chi connectivity index (χ2v) is 2.74. The number of hydrogen-bond acceptors (Lipinski definition) is 1. The zero-order chi connectivity index (χ0) is 10.9. The van der Waals surface area contributed by atoms with Gasteiger partial charge >= 0.3 is 5.97 Å². The zero-order valence-electron chi connectivity index (χ0n) is 8.63. The number of carboxylic acids is 1. The van der Waals surface area contributed by atoms with E-state index in [0.717, 1.165) is 12.0 Å². The topological polar surface area (TPSA) is 37.3 Å². The average Bonchev–Trinajstić information content (AvgIpc) is 2.01. The molecule has 0 radical (unpaired) electrons. The Morgan fingerprint density at radius 1 is 1.38 bits per heavy atom. The van der Waals surface area contributed by atoms with Crippen molar-refractivity contribution in [1.29, 1.82) is 0 Å². The molecule has 1 N–H and O–H groups in total. The van der Waals surface area contributed by atoms with Crippen molar-refractivity contribution >= 4 is 5.97 Å². The van der Waals surface area contributed by atoms with Crippen LogP contribution < -0.4 is 0 Å². The molecule has 0 aromatic heterocycles. The molecule has 0 aliphatic heterocycles. The molecule has 0 bridgehead atoms. The Bertz CT molecular complexity index is 200. The van der Waals surface area contributed by atoms with Gasteiger partial charge in [-0.3, -0.25) is 0 Å². The summed E-state index contributed by atoms with van der Waals surface area (Å²) in [7, 11) is 0. The van der Waals surface area contributed by atoms with Crippen LogP contribution >= 0.6 is 0 Å². The molecule has 2 heteroatoms. The van der Waals surface area contributed by atoms with Gasteiger partial charge in [-0.2, -0.15) is 0 Å². The van der Waals surface area contributed by atoms with E-state index in [1.165, 1.54) is 6.92 Å². The zero-order valence-corrected chi connectivity index (χ0v) is 8.63. The van der Waals surface area contributed by atoms with Crippen molar-refractivity contribution in [3.63, 3.8) is 0 Å². The van der Waals surface area contributed by atoms with Gasteiger partial charge in [0.1, 0.15) is 0 Å². The van der Waals surface area contributed by atoms with E-state index in [-0.39, 0.29) is 5.57 Å². The maximum Gasteiger partial charge on any atom is 0.330 e. The van der Waals surface area contributed by atoms with Gasteiger partial charge in [-0.1, -0.05) is 37.8 Å². The first-order valence-electron chi connectivity index (χ1n) is 4.12. The summed E-state index contributed by atoms with van der Waals surface area (Å²) in [4.78, 5) is 9.60. The summed E-state index contributed by atoms with van der Waals surface area (Å²) in [5.41, 5.74) is 1.30. The summed E-state index contributed by atoms with van der Waals surface area (Å²) in [6.07, 6.45) is 5.23. The smallest absolute Gasteiger partial charge is 0.330 e. The van der Waals surface area contributed by atoms with Gasteiger partial charge in [0.25, 0.3) is 0 Å². The van der Waals surface area contributed by atoms with Gasteiger partial charge in [-0.05, 0) is 20.3 Å². The van der Waals surface area contributed by atoms with Crippen LogP contribution in [-0.2, 0) is 4.79 Å². The van der Waals surface area contributed by atoms with Crippen LogP contribution in [0.15, 0.2) is 36.5 Å². The molecule has 0 aliphatic rings. The number of rotatable bonds is 3. The van der Waals surface area contributed by atoms with Crippen molar-refractivity contribution in [2.75, 3.05) is 0 Å². The van der Waals surface area contributed by atoms with Crippen LogP contribution in [0.4, 0.5) is 0 Å². The summed E-state index contributed by atoms with van der Waals surface area (Å²) >= 11 is 0. The molecule has 0 rings (SSSR count). The molecule has 0 aromatic carbocycles. The van der Waals surface area contributed by atoms with Crippen molar-refractivity contribution in [2.24, 2.45) is 0 Å². The highest BCUT2D eigenvalue weighted by Gasteiger charge is 1.90. The fourth-order valence-corrected chi connectivity index (χ4v) is 0.319. The van der Waals surface area contributed by atoms with Gasteiger partial charge in [0.15, 0.2) is 0 Å². The highest BCUT2D eigenvalue weighted by atomic mass is 16.4. The van der Waals surface area contributed by atoms with E-state index in [2.05, 4.69) is 26.2 Å². The van der Waals surface area contributed by atoms with Gasteiger partial charge in [0.05, 0.1) is 0 Å². The van der Waals surface area contributed by atoms with Crippen LogP contribution in [0.5, 0.6) is 0 Å². The Labute approximate surface area is 80.3 Å². The lowest BCUT2D eigenvalue weighted by Crippen LogP contribution is -1.92. The Hall–Kier alpha value is -1.31. The van der Waals surface area contributed by atoms with Crippen molar-refractivity contribution in [3.05, 3.63) is 36.5 Å². The quantitative estimate of drug-likeness (QED) is 0.537. The highest BCUT2D eigenvalue weighted by Crippen LogP contribution is 1.89. The lowest BCUT2D eigenvalue weighted by Gasteiger charge is -1.79. The Balaban J connectivity index is 0. The SMILES string of the molecule is C=C(C)C(=O)O.C=C(C)C=CCC. The highest BCUT2D eigenvalue weighted by molar-refractivity contribution is 5.84. The van der Waals surface area contributed by atoms with Crippen LogP contribution in [0.1, 0.15) is 27.2 Å². The molecule has 0 atom stereocenters. The van der Waals surface area contributed by atoms with Crippen molar-refractivity contribution in [1.82, 2.24) is 0 Å². The summed E-state index contributed by atoms with van der Waals surface area (Å²) < 4.78 is 0. The fraction of sp³-hybridized carbons (Fsp3) is 0.364. The van der Waals surface area contributed by atoms with E-state index >= 15 is 0 Å². The molecule has 0 heterocycles. The molecular weight excluding hydrogens is 164 g/mol. The monoisotopic (exact) mass is 182 g/mol. The maximum absolute atomic E-state index is 9.60. The third-order valence-electron chi connectivity index (χ3n) is 1.00. The van der Waals surface area contributed by atoms with Crippen LogP contribution in [0.25, 0.3) is 0 Å². The van der Waals surface area contributed by atoms with Crippen LogP contribution in [0.2, 0.25) is 0 Å². The van der Waals surface area contributed by atoms with Crippen molar-refractivity contribution in [2.45, 2.75) is 27.2 Å². The van der Waals surface area contributed by atoms with E-state index in [4.69, 9.17) is 5.11 Å². The third kappa shape index (κ3) is 18.0. The van der Waals surface area contributed by atoms with Crippen molar-refractivity contribution in [3.8, 4) is 0 Å². The van der Waals surface area contributed by atoms with Crippen LogP contribution in [0.3, 0.4) is 0 Å². The molecule has 0 aromatic rings. The number of hydrogen-bond donors (Lipinski definition) is 1. The van der Waals surface area contributed by atoms with E-state index in [1.54, 1.807) is 0 Å². The second-order valence-electron chi connectivity index (χ2n) is 2.74. The molecule has 0 spiro atoms. The predicted octanol–water partition coefficient (Wildman–Crippen LogP) is 3.18. The minimum atomic E-state index is -0.935. The van der Waals surface area contributed by atoms with E-state index in [0.29, 0.717) is 0 Å². The number of carboxylic acid groups (broad SMARTS) is 1. The Morgan fingerprint density at radius 3 is 1.85 bits per heavy atom. The minimum absolute atomic E-state index is 0.176. The first-order valence-corrected chi connectivity index (χ1v) is 4.12. The predicted molar refractivity (Wildman–Crippen MR) is 56.7 cm³/mol. The normalized spacial score (nSPS) is 8.85. The van der Waals surface area contributed by atoms with E-state index < -0.39 is 5.97 Å². The summed E-state index contributed by atoms with van der Waals surface area (Å²) in [5.74, 6) is -0.935. The molecular formula is C11H18O2. The number of carbonyl (C=O) groups is 1. The molecule has 0 saturated heterocycles. The van der Waals surface area contributed by atoms with Gasteiger partial charge in [-0.15, -0.1) is 0 Å².